The minimum absolute atomic E-state index is 0.0514. The second-order valence-corrected chi connectivity index (χ2v) is 14.0. The molecule has 0 amide bonds. The van der Waals surface area contributed by atoms with Gasteiger partial charge in [-0.3, -0.25) is 14.2 Å². The number of carbonyl (C=O) groups is 2. The fourth-order valence-electron chi connectivity index (χ4n) is 5.24. The van der Waals surface area contributed by atoms with E-state index in [-0.39, 0.29) is 45.3 Å². The van der Waals surface area contributed by atoms with Crippen LogP contribution in [0.2, 0.25) is 0 Å². The molecule has 0 aliphatic heterocycles. The Morgan fingerprint density at radius 2 is 1.58 bits per heavy atom. The Morgan fingerprint density at radius 3 is 2.34 bits per heavy atom. The number of anilines is 1. The summed E-state index contributed by atoms with van der Waals surface area (Å²) in [6.45, 7) is 1.40. The van der Waals surface area contributed by atoms with Gasteiger partial charge in [0.15, 0.2) is 11.5 Å². The quantitative estimate of drug-likeness (QED) is 0.0595. The van der Waals surface area contributed by atoms with Crippen LogP contribution in [0.25, 0.3) is 22.3 Å². The third-order valence-corrected chi connectivity index (χ3v) is 9.78. The summed E-state index contributed by atoms with van der Waals surface area (Å²) in [6.07, 6.45) is 2.93. The molecule has 0 radical (unpaired) electrons. The van der Waals surface area contributed by atoms with Crippen molar-refractivity contribution in [1.29, 1.82) is 0 Å². The fraction of sp³-hybridized carbons (Fsp3) is 0.324. The Morgan fingerprint density at radius 1 is 0.868 bits per heavy atom. The molecule has 53 heavy (non-hydrogen) atoms. The monoisotopic (exact) mass is 748 g/mol. The Balaban J connectivity index is 1.09. The van der Waals surface area contributed by atoms with Crippen molar-refractivity contribution >= 4 is 36.5 Å². The molecule has 5 rings (SSSR count). The number of halogens is 1. The number of ether oxygens (including phenoxy) is 3. The average Bonchev–Trinajstić information content (AvgIpc) is 3.59. The highest BCUT2D eigenvalue weighted by molar-refractivity contribution is 7.53. The first-order valence-electron chi connectivity index (χ1n) is 17.0. The van der Waals surface area contributed by atoms with Crippen LogP contribution in [0.15, 0.2) is 91.5 Å². The molecule has 3 atom stereocenters. The van der Waals surface area contributed by atoms with E-state index in [0.717, 1.165) is 11.1 Å². The number of fused-ring (bicyclic) bond motifs is 1. The first kappa shape index (κ1) is 39.2. The lowest BCUT2D eigenvalue weighted by Gasteiger charge is -2.19. The molecule has 0 aliphatic carbocycles. The molecule has 0 fully saturated rings. The smallest absolute Gasteiger partial charge is 0.356 e. The van der Waals surface area contributed by atoms with E-state index in [1.807, 2.05) is 60.7 Å². The number of hydrogen-bond donors (Lipinski definition) is 2. The first-order chi connectivity index (χ1) is 25.6. The molecule has 0 aliphatic rings. The van der Waals surface area contributed by atoms with Crippen LogP contribution in [0.3, 0.4) is 0 Å². The minimum atomic E-state index is -3.88. The Hall–Kier alpha value is -5.05. The summed E-state index contributed by atoms with van der Waals surface area (Å²) in [5.74, 6) is -2.11. The zero-order chi connectivity index (χ0) is 37.6. The summed E-state index contributed by atoms with van der Waals surface area (Å²) in [5.41, 5.74) is 15.3. The minimum Gasteiger partial charge on any atom is -0.465 e. The van der Waals surface area contributed by atoms with Gasteiger partial charge >= 0.3 is 19.5 Å². The maximum absolute atomic E-state index is 14.9. The van der Waals surface area contributed by atoms with Crippen molar-refractivity contribution in [2.24, 2.45) is 5.73 Å². The van der Waals surface area contributed by atoms with Crippen molar-refractivity contribution < 1.29 is 41.8 Å². The van der Waals surface area contributed by atoms with Crippen molar-refractivity contribution in [2.45, 2.75) is 38.3 Å². The molecule has 0 spiro atoms. The molecule has 14 nitrogen and oxygen atoms in total. The van der Waals surface area contributed by atoms with Gasteiger partial charge in [-0.2, -0.15) is 0 Å². The van der Waals surface area contributed by atoms with E-state index in [0.29, 0.717) is 35.3 Å². The molecule has 2 unspecified atom stereocenters. The second-order valence-electron chi connectivity index (χ2n) is 12.0. The Kier molecular flexibility index (Phi) is 14.2. The van der Waals surface area contributed by atoms with Crippen molar-refractivity contribution in [3.63, 3.8) is 0 Å². The molecule has 2 heterocycles. The molecule has 4 N–H and O–H groups in total. The maximum atomic E-state index is 14.9. The van der Waals surface area contributed by atoms with Gasteiger partial charge in [-0.15, -0.1) is 0 Å². The van der Waals surface area contributed by atoms with Gasteiger partial charge in [0, 0.05) is 18.5 Å². The van der Waals surface area contributed by atoms with Crippen molar-refractivity contribution in [3.8, 4) is 11.1 Å². The van der Waals surface area contributed by atoms with Gasteiger partial charge < -0.3 is 39.3 Å². The standard InChI is InChI=1S/C37H42FN6O8P/c1-26(29-13-14-30(31(38)22-29)28-11-6-3-7-12-28)36(45)49-16-8-17-51-53(47,25-48-18-15-44-24-43-33-34(40)41-23-42-35(33)44)52-20-19-50-37(46)32(39)21-27-9-4-2-5-10-27/h2-7,9-14,22-24,26,32H,8,15-21,25,39H2,1H3,(H2,40,41,42)/t26?,32-,53?/m0/s1. The van der Waals surface area contributed by atoms with Crippen molar-refractivity contribution in [2.75, 3.05) is 45.1 Å². The lowest BCUT2D eigenvalue weighted by Crippen LogP contribution is -2.35. The van der Waals surface area contributed by atoms with Crippen LogP contribution in [-0.4, -0.2) is 76.9 Å². The van der Waals surface area contributed by atoms with E-state index in [1.54, 1.807) is 30.0 Å². The van der Waals surface area contributed by atoms with Crippen LogP contribution in [0.5, 0.6) is 0 Å². The zero-order valence-corrected chi connectivity index (χ0v) is 30.1. The number of imidazole rings is 1. The van der Waals surface area contributed by atoms with Crippen molar-refractivity contribution in [3.05, 3.63) is 108 Å². The van der Waals surface area contributed by atoms with E-state index in [1.165, 1.54) is 12.4 Å². The van der Waals surface area contributed by atoms with Gasteiger partial charge in [-0.05, 0) is 36.1 Å². The van der Waals surface area contributed by atoms with Gasteiger partial charge in [-0.25, -0.2) is 19.3 Å². The number of aromatic nitrogens is 4. The molecule has 280 valence electrons. The number of nitrogens with two attached hydrogens (primary N) is 2. The van der Waals surface area contributed by atoms with Crippen LogP contribution < -0.4 is 11.5 Å². The summed E-state index contributed by atoms with van der Waals surface area (Å²) in [5, 5.41) is 0. The lowest BCUT2D eigenvalue weighted by atomic mass is 9.97. The summed E-state index contributed by atoms with van der Waals surface area (Å²) in [4.78, 5) is 37.5. The van der Waals surface area contributed by atoms with Gasteiger partial charge in [0.25, 0.3) is 0 Å². The third kappa shape index (κ3) is 11.2. The number of nitrogens with zero attached hydrogens (tertiary/aromatic N) is 4. The van der Waals surface area contributed by atoms with Crippen molar-refractivity contribution in [1.82, 2.24) is 19.5 Å². The molecular weight excluding hydrogens is 706 g/mol. The SMILES string of the molecule is CC(C(=O)OCCCOP(=O)(COCCn1cnc2c(N)ncnc21)OCCOC(=O)[C@@H](N)Cc1ccccc1)c1ccc(-c2ccccc2)c(F)c1. The second kappa shape index (κ2) is 19.1. The van der Waals surface area contributed by atoms with Crippen LogP contribution in [-0.2, 0) is 50.4 Å². The molecule has 16 heteroatoms. The zero-order valence-electron chi connectivity index (χ0n) is 29.2. The molecular formula is C37H42FN6O8P. The lowest BCUT2D eigenvalue weighted by molar-refractivity contribution is -0.146. The Labute approximate surface area is 306 Å². The van der Waals surface area contributed by atoms with Gasteiger partial charge in [0.05, 0.1) is 38.7 Å². The van der Waals surface area contributed by atoms with E-state index in [2.05, 4.69) is 15.0 Å². The molecule has 3 aromatic carbocycles. The highest BCUT2D eigenvalue weighted by atomic mass is 31.2. The largest absolute Gasteiger partial charge is 0.465 e. The molecule has 5 aromatic rings. The number of esters is 2. The number of rotatable bonds is 20. The average molecular weight is 749 g/mol. The van der Waals surface area contributed by atoms with E-state index < -0.39 is 43.7 Å². The first-order valence-corrected chi connectivity index (χ1v) is 18.7. The van der Waals surface area contributed by atoms with Crippen LogP contribution >= 0.6 is 7.60 Å². The van der Waals surface area contributed by atoms with E-state index >= 15 is 0 Å². The normalized spacial score (nSPS) is 13.6. The third-order valence-electron chi connectivity index (χ3n) is 8.12. The molecule has 2 aromatic heterocycles. The van der Waals surface area contributed by atoms with Gasteiger partial charge in [0.1, 0.15) is 36.7 Å². The highest BCUT2D eigenvalue weighted by Gasteiger charge is 2.26. The predicted molar refractivity (Wildman–Crippen MR) is 195 cm³/mol. The fourth-order valence-corrected chi connectivity index (χ4v) is 6.58. The summed E-state index contributed by atoms with van der Waals surface area (Å²) in [7, 11) is -3.88. The Bertz CT molecular complexity index is 2000. The summed E-state index contributed by atoms with van der Waals surface area (Å²) < 4.78 is 57.8. The molecule has 0 saturated carbocycles. The van der Waals surface area contributed by atoms with Crippen LogP contribution in [0.4, 0.5) is 10.2 Å². The van der Waals surface area contributed by atoms with Crippen LogP contribution in [0.1, 0.15) is 30.4 Å². The van der Waals surface area contributed by atoms with Gasteiger partial charge in [-0.1, -0.05) is 72.8 Å². The topological polar surface area (TPSA) is 193 Å². The summed E-state index contributed by atoms with van der Waals surface area (Å²) >= 11 is 0. The van der Waals surface area contributed by atoms with Crippen LogP contribution in [0, 0.1) is 5.82 Å². The highest BCUT2D eigenvalue weighted by Crippen LogP contribution is 2.48. The van der Waals surface area contributed by atoms with E-state index in [9.17, 15) is 18.5 Å². The maximum Gasteiger partial charge on any atom is 0.356 e. The molecule has 0 bridgehead atoms. The van der Waals surface area contributed by atoms with E-state index in [4.69, 9.17) is 34.7 Å². The number of nitrogen functional groups attached to an aromatic ring is 1. The molecule has 0 saturated heterocycles. The predicted octanol–water partition coefficient (Wildman–Crippen LogP) is 5.27. The van der Waals surface area contributed by atoms with Gasteiger partial charge in [0.2, 0.25) is 0 Å². The number of benzene rings is 3. The number of carbonyl (C=O) groups excluding carboxylic acids is 2. The number of hydrogen-bond acceptors (Lipinski definition) is 13. The summed E-state index contributed by atoms with van der Waals surface area (Å²) in [6, 6.07) is 22.2.